The van der Waals surface area contributed by atoms with Gasteiger partial charge in [0.25, 0.3) is 0 Å². The maximum atomic E-state index is 13.1. The zero-order chi connectivity index (χ0) is 8.97. The van der Waals surface area contributed by atoms with E-state index in [1.807, 2.05) is 19.1 Å². The average Bonchev–Trinajstić information content (AvgIpc) is 2.09. The summed E-state index contributed by atoms with van der Waals surface area (Å²) in [5, 5.41) is 0. The summed E-state index contributed by atoms with van der Waals surface area (Å²) in [7, 11) is 0. The fraction of sp³-hybridized carbons (Fsp3) is 0.400. The van der Waals surface area contributed by atoms with Crippen LogP contribution in [0.1, 0.15) is 19.4 Å². The van der Waals surface area contributed by atoms with Gasteiger partial charge >= 0.3 is 0 Å². The van der Waals surface area contributed by atoms with Crippen molar-refractivity contribution in [2.45, 2.75) is 25.2 Å². The highest BCUT2D eigenvalue weighted by molar-refractivity contribution is 7.99. The van der Waals surface area contributed by atoms with Crippen molar-refractivity contribution in [3.8, 4) is 0 Å². The van der Waals surface area contributed by atoms with Gasteiger partial charge in [0.05, 0.1) is 0 Å². The first kappa shape index (κ1) is 9.59. The lowest BCUT2D eigenvalue weighted by Gasteiger charge is -2.02. The molecule has 0 aliphatic rings. The lowest BCUT2D eigenvalue weighted by Crippen LogP contribution is -1.85. The molecule has 0 aliphatic heterocycles. The van der Waals surface area contributed by atoms with Crippen molar-refractivity contribution in [2.75, 3.05) is 5.75 Å². The van der Waals surface area contributed by atoms with Gasteiger partial charge in [-0.3, -0.25) is 0 Å². The zero-order valence-electron chi connectivity index (χ0n) is 7.43. The second-order valence-electron chi connectivity index (χ2n) is 2.55. The molecule has 0 amide bonds. The standard InChI is InChI=1S/C10H13FS/c1-3-8-5-6-9(11)10(7-8)12-4-2/h5-7H,3-4H2,1-2H3. The highest BCUT2D eigenvalue weighted by atomic mass is 32.2. The predicted octanol–water partition coefficient (Wildman–Crippen LogP) is 3.50. The van der Waals surface area contributed by atoms with E-state index in [0.29, 0.717) is 0 Å². The summed E-state index contributed by atoms with van der Waals surface area (Å²) in [5.41, 5.74) is 1.20. The minimum atomic E-state index is -0.0981. The Hall–Kier alpha value is -0.500. The van der Waals surface area contributed by atoms with E-state index in [9.17, 15) is 4.39 Å². The summed E-state index contributed by atoms with van der Waals surface area (Å²) in [6.07, 6.45) is 0.970. The van der Waals surface area contributed by atoms with E-state index >= 15 is 0 Å². The minimum Gasteiger partial charge on any atom is -0.206 e. The Kier molecular flexibility index (Phi) is 3.60. The van der Waals surface area contributed by atoms with Crippen molar-refractivity contribution >= 4 is 11.8 Å². The van der Waals surface area contributed by atoms with Crippen LogP contribution in [-0.4, -0.2) is 5.75 Å². The lowest BCUT2D eigenvalue weighted by atomic mass is 10.2. The Morgan fingerprint density at radius 1 is 1.33 bits per heavy atom. The molecule has 0 saturated carbocycles. The van der Waals surface area contributed by atoms with Crippen molar-refractivity contribution in [1.82, 2.24) is 0 Å². The molecular weight excluding hydrogens is 171 g/mol. The number of hydrogen-bond donors (Lipinski definition) is 0. The van der Waals surface area contributed by atoms with Crippen molar-refractivity contribution in [3.63, 3.8) is 0 Å². The lowest BCUT2D eigenvalue weighted by molar-refractivity contribution is 0.601. The van der Waals surface area contributed by atoms with E-state index in [1.54, 1.807) is 17.8 Å². The fourth-order valence-corrected chi connectivity index (χ4v) is 1.79. The fourth-order valence-electron chi connectivity index (χ4n) is 1.03. The Bertz CT molecular complexity index is 258. The molecule has 66 valence electrons. The highest BCUT2D eigenvalue weighted by Crippen LogP contribution is 2.22. The van der Waals surface area contributed by atoms with Crippen LogP contribution in [-0.2, 0) is 6.42 Å². The van der Waals surface area contributed by atoms with Crippen LogP contribution in [0.3, 0.4) is 0 Å². The Morgan fingerprint density at radius 3 is 2.67 bits per heavy atom. The summed E-state index contributed by atoms with van der Waals surface area (Å²) in [6.45, 7) is 4.11. The molecule has 0 N–H and O–H groups in total. The Labute approximate surface area is 77.2 Å². The summed E-state index contributed by atoms with van der Waals surface area (Å²) in [4.78, 5) is 0.775. The number of benzene rings is 1. The molecule has 12 heavy (non-hydrogen) atoms. The molecule has 1 rings (SSSR count). The number of thioether (sulfide) groups is 1. The molecule has 0 saturated heterocycles. The quantitative estimate of drug-likeness (QED) is 0.648. The van der Waals surface area contributed by atoms with E-state index < -0.39 is 0 Å². The molecule has 0 fully saturated rings. The van der Waals surface area contributed by atoms with Gasteiger partial charge in [0.2, 0.25) is 0 Å². The molecule has 0 unspecified atom stereocenters. The molecule has 2 heteroatoms. The first-order valence-electron chi connectivity index (χ1n) is 4.19. The van der Waals surface area contributed by atoms with E-state index in [1.165, 1.54) is 5.56 Å². The number of halogens is 1. The maximum Gasteiger partial charge on any atom is 0.136 e. The molecule has 0 aromatic heterocycles. The maximum absolute atomic E-state index is 13.1. The monoisotopic (exact) mass is 184 g/mol. The number of aryl methyl sites for hydroxylation is 1. The Morgan fingerprint density at radius 2 is 2.08 bits per heavy atom. The molecule has 1 aromatic carbocycles. The van der Waals surface area contributed by atoms with Gasteiger partial charge in [-0.1, -0.05) is 19.9 Å². The molecule has 0 heterocycles. The topological polar surface area (TPSA) is 0 Å². The third-order valence-electron chi connectivity index (χ3n) is 1.70. The van der Waals surface area contributed by atoms with Crippen molar-refractivity contribution in [2.24, 2.45) is 0 Å². The van der Waals surface area contributed by atoms with Gasteiger partial charge in [-0.2, -0.15) is 0 Å². The summed E-state index contributed by atoms with van der Waals surface area (Å²) >= 11 is 1.56. The summed E-state index contributed by atoms with van der Waals surface area (Å²) in [6, 6.07) is 5.33. The third-order valence-corrected chi connectivity index (χ3v) is 2.62. The van der Waals surface area contributed by atoms with Crippen LogP contribution >= 0.6 is 11.8 Å². The zero-order valence-corrected chi connectivity index (χ0v) is 8.25. The van der Waals surface area contributed by atoms with Gasteiger partial charge < -0.3 is 0 Å². The summed E-state index contributed by atoms with van der Waals surface area (Å²) < 4.78 is 13.1. The molecule has 0 aliphatic carbocycles. The van der Waals surface area contributed by atoms with Gasteiger partial charge in [-0.05, 0) is 29.9 Å². The van der Waals surface area contributed by atoms with Crippen LogP contribution in [0.4, 0.5) is 4.39 Å². The van der Waals surface area contributed by atoms with Crippen LogP contribution in [0.2, 0.25) is 0 Å². The minimum absolute atomic E-state index is 0.0981. The highest BCUT2D eigenvalue weighted by Gasteiger charge is 2.01. The van der Waals surface area contributed by atoms with Crippen LogP contribution in [0.25, 0.3) is 0 Å². The van der Waals surface area contributed by atoms with Crippen LogP contribution in [0.15, 0.2) is 23.1 Å². The van der Waals surface area contributed by atoms with E-state index in [-0.39, 0.29) is 5.82 Å². The molecule has 0 bridgehead atoms. The van der Waals surface area contributed by atoms with Gasteiger partial charge in [-0.25, -0.2) is 4.39 Å². The smallest absolute Gasteiger partial charge is 0.136 e. The van der Waals surface area contributed by atoms with Crippen molar-refractivity contribution in [1.29, 1.82) is 0 Å². The van der Waals surface area contributed by atoms with E-state index in [2.05, 4.69) is 6.92 Å². The molecule has 0 radical (unpaired) electrons. The van der Waals surface area contributed by atoms with Gasteiger partial charge in [-0.15, -0.1) is 11.8 Å². The van der Waals surface area contributed by atoms with E-state index in [0.717, 1.165) is 17.1 Å². The number of rotatable bonds is 3. The van der Waals surface area contributed by atoms with Crippen molar-refractivity contribution in [3.05, 3.63) is 29.6 Å². The predicted molar refractivity (Wildman–Crippen MR) is 52.2 cm³/mol. The largest absolute Gasteiger partial charge is 0.206 e. The molecule has 0 nitrogen and oxygen atoms in total. The number of hydrogen-bond acceptors (Lipinski definition) is 1. The molecular formula is C10H13FS. The Balaban J connectivity index is 2.91. The van der Waals surface area contributed by atoms with Crippen molar-refractivity contribution < 1.29 is 4.39 Å². The second-order valence-corrected chi connectivity index (χ2v) is 3.86. The van der Waals surface area contributed by atoms with E-state index in [4.69, 9.17) is 0 Å². The third kappa shape index (κ3) is 2.24. The SMILES string of the molecule is CCSc1cc(CC)ccc1F. The van der Waals surface area contributed by atoms with Gasteiger partial charge in [0.1, 0.15) is 5.82 Å². The molecule has 0 atom stereocenters. The van der Waals surface area contributed by atoms with Crippen LogP contribution in [0.5, 0.6) is 0 Å². The molecule has 1 aromatic rings. The molecule has 0 spiro atoms. The van der Waals surface area contributed by atoms with Crippen LogP contribution < -0.4 is 0 Å². The first-order valence-corrected chi connectivity index (χ1v) is 5.17. The summed E-state index contributed by atoms with van der Waals surface area (Å²) in [5.74, 6) is 0.823. The normalized spacial score (nSPS) is 10.2. The first-order chi connectivity index (χ1) is 5.77. The van der Waals surface area contributed by atoms with Gasteiger partial charge in [0, 0.05) is 4.90 Å². The van der Waals surface area contributed by atoms with Gasteiger partial charge in [0.15, 0.2) is 0 Å². The van der Waals surface area contributed by atoms with Crippen LogP contribution in [0, 0.1) is 5.82 Å². The second kappa shape index (κ2) is 4.51. The average molecular weight is 184 g/mol.